The summed E-state index contributed by atoms with van der Waals surface area (Å²) in [5.74, 6) is 0.0353. The lowest BCUT2D eigenvalue weighted by Gasteiger charge is -2.06. The quantitative estimate of drug-likeness (QED) is 0.603. The molecule has 0 radical (unpaired) electrons. The molecule has 0 bridgehead atoms. The van der Waals surface area contributed by atoms with Gasteiger partial charge >= 0.3 is 0 Å². The summed E-state index contributed by atoms with van der Waals surface area (Å²) in [5, 5.41) is 2.85. The predicted octanol–water partition coefficient (Wildman–Crippen LogP) is 3.85. The molecule has 5 heteroatoms. The molecule has 0 unspecified atom stereocenters. The van der Waals surface area contributed by atoms with Gasteiger partial charge in [0, 0.05) is 23.0 Å². The summed E-state index contributed by atoms with van der Waals surface area (Å²) in [7, 11) is 0. The van der Waals surface area contributed by atoms with Crippen LogP contribution in [-0.2, 0) is 11.2 Å². The van der Waals surface area contributed by atoms with Crippen molar-refractivity contribution in [3.05, 3.63) is 72.6 Å². The fraction of sp³-hybridized carbons (Fsp3) is 0.0476. The summed E-state index contributed by atoms with van der Waals surface area (Å²) in [6.07, 6.45) is 4.00. The van der Waals surface area contributed by atoms with Crippen LogP contribution in [0.3, 0.4) is 0 Å². The van der Waals surface area contributed by atoms with Gasteiger partial charge in [-0.2, -0.15) is 0 Å². The van der Waals surface area contributed by atoms with Crippen LogP contribution >= 0.6 is 0 Å². The van der Waals surface area contributed by atoms with Crippen molar-refractivity contribution in [2.75, 3.05) is 5.32 Å². The normalized spacial score (nSPS) is 12.8. The summed E-state index contributed by atoms with van der Waals surface area (Å²) < 4.78 is 0. The molecule has 0 aliphatic carbocycles. The van der Waals surface area contributed by atoms with Crippen molar-refractivity contribution in [1.29, 1.82) is 0 Å². The van der Waals surface area contributed by atoms with Crippen LogP contribution in [0.4, 0.5) is 5.69 Å². The Morgan fingerprint density at radius 3 is 2.62 bits per heavy atom. The molecule has 124 valence electrons. The monoisotopic (exact) mass is 338 g/mol. The number of rotatable bonds is 2. The Bertz CT molecular complexity index is 1160. The van der Waals surface area contributed by atoms with Gasteiger partial charge in [-0.05, 0) is 29.3 Å². The molecule has 4 aromatic rings. The number of nitrogens with zero attached hydrogens (tertiary/aromatic N) is 3. The summed E-state index contributed by atoms with van der Waals surface area (Å²) >= 11 is 0. The fourth-order valence-electron chi connectivity index (χ4n) is 3.22. The highest BCUT2D eigenvalue weighted by molar-refractivity contribution is 5.99. The number of fused-ring (bicyclic) bond motifs is 2. The second-order valence-electron chi connectivity index (χ2n) is 6.28. The molecule has 0 spiro atoms. The number of anilines is 1. The van der Waals surface area contributed by atoms with E-state index in [2.05, 4.69) is 20.3 Å². The number of nitrogens with one attached hydrogen (secondary N) is 1. The largest absolute Gasteiger partial charge is 0.326 e. The molecule has 0 saturated carbocycles. The van der Waals surface area contributed by atoms with E-state index >= 15 is 0 Å². The first-order chi connectivity index (χ1) is 12.8. The average Bonchev–Trinajstić information content (AvgIpc) is 3.07. The first-order valence-corrected chi connectivity index (χ1v) is 8.38. The van der Waals surface area contributed by atoms with Crippen LogP contribution in [0, 0.1) is 0 Å². The minimum absolute atomic E-state index is 0.0353. The molecule has 2 aromatic carbocycles. The highest BCUT2D eigenvalue weighted by Gasteiger charge is 2.18. The molecule has 0 fully saturated rings. The predicted molar refractivity (Wildman–Crippen MR) is 101 cm³/mol. The number of hydrogen-bond donors (Lipinski definition) is 1. The van der Waals surface area contributed by atoms with Gasteiger partial charge < -0.3 is 5.32 Å². The number of aromatic nitrogens is 3. The lowest BCUT2D eigenvalue weighted by Crippen LogP contribution is -2.03. The summed E-state index contributed by atoms with van der Waals surface area (Å²) in [6.45, 7) is 0. The number of amides is 1. The highest BCUT2D eigenvalue weighted by Crippen LogP contribution is 2.29. The number of benzene rings is 2. The Kier molecular flexibility index (Phi) is 3.25. The molecule has 0 atom stereocenters. The van der Waals surface area contributed by atoms with Gasteiger partial charge in [-0.3, -0.25) is 9.78 Å². The van der Waals surface area contributed by atoms with Crippen molar-refractivity contribution in [2.45, 2.75) is 6.42 Å². The highest BCUT2D eigenvalue weighted by atomic mass is 16.1. The van der Waals surface area contributed by atoms with Crippen LogP contribution in [0.15, 0.2) is 67.0 Å². The summed E-state index contributed by atoms with van der Waals surface area (Å²) in [6, 6.07) is 17.9. The average molecular weight is 338 g/mol. The number of carbonyl (C=O) groups is 1. The maximum absolute atomic E-state index is 11.5. The van der Waals surface area contributed by atoms with Crippen molar-refractivity contribution in [2.24, 2.45) is 0 Å². The van der Waals surface area contributed by atoms with Gasteiger partial charge in [-0.1, -0.05) is 36.4 Å². The van der Waals surface area contributed by atoms with Gasteiger partial charge in [-0.25, -0.2) is 9.97 Å². The second-order valence-corrected chi connectivity index (χ2v) is 6.28. The number of hydrogen-bond acceptors (Lipinski definition) is 4. The third-order valence-electron chi connectivity index (χ3n) is 4.53. The van der Waals surface area contributed by atoms with Crippen LogP contribution in [0.5, 0.6) is 0 Å². The summed E-state index contributed by atoms with van der Waals surface area (Å²) in [5.41, 5.74) is 7.07. The number of carbonyl (C=O) groups excluding carboxylic acids is 1. The van der Waals surface area contributed by atoms with Gasteiger partial charge in [0.25, 0.3) is 0 Å². The lowest BCUT2D eigenvalue weighted by molar-refractivity contribution is -0.115. The van der Waals surface area contributed by atoms with Crippen molar-refractivity contribution in [3.63, 3.8) is 0 Å². The van der Waals surface area contributed by atoms with Gasteiger partial charge in [0.15, 0.2) is 5.65 Å². The third kappa shape index (κ3) is 2.50. The molecule has 1 amide bonds. The van der Waals surface area contributed by atoms with Gasteiger partial charge in [0.1, 0.15) is 5.52 Å². The van der Waals surface area contributed by atoms with Crippen LogP contribution in [0.2, 0.25) is 0 Å². The molecular weight excluding hydrogens is 324 g/mol. The van der Waals surface area contributed by atoms with Crippen LogP contribution in [0.25, 0.3) is 33.5 Å². The van der Waals surface area contributed by atoms with Gasteiger partial charge in [0.05, 0.1) is 18.3 Å². The van der Waals surface area contributed by atoms with E-state index in [-0.39, 0.29) is 5.91 Å². The van der Waals surface area contributed by atoms with E-state index < -0.39 is 0 Å². The van der Waals surface area contributed by atoms with E-state index in [0.717, 1.165) is 39.2 Å². The Balaban J connectivity index is 1.55. The number of pyridine rings is 1. The topological polar surface area (TPSA) is 67.8 Å². The smallest absolute Gasteiger partial charge is 0.228 e. The maximum atomic E-state index is 11.5. The second kappa shape index (κ2) is 5.74. The van der Waals surface area contributed by atoms with E-state index in [1.165, 1.54) is 0 Å². The molecule has 1 N–H and O–H groups in total. The Morgan fingerprint density at radius 1 is 0.846 bits per heavy atom. The zero-order chi connectivity index (χ0) is 17.5. The zero-order valence-electron chi connectivity index (χ0n) is 13.8. The van der Waals surface area contributed by atoms with E-state index in [9.17, 15) is 4.79 Å². The lowest BCUT2D eigenvalue weighted by atomic mass is 10.0. The molecule has 2 aromatic heterocycles. The molecule has 3 heterocycles. The Labute approximate surface area is 149 Å². The minimum atomic E-state index is 0.0353. The molecule has 26 heavy (non-hydrogen) atoms. The van der Waals surface area contributed by atoms with Crippen molar-refractivity contribution in [3.8, 4) is 22.4 Å². The van der Waals surface area contributed by atoms with Crippen LogP contribution < -0.4 is 5.32 Å². The first kappa shape index (κ1) is 14.7. The Morgan fingerprint density at radius 2 is 1.73 bits per heavy atom. The molecule has 5 nitrogen and oxygen atoms in total. The van der Waals surface area contributed by atoms with Crippen LogP contribution in [-0.4, -0.2) is 20.9 Å². The molecule has 1 aliphatic rings. The molecule has 5 rings (SSSR count). The van der Waals surface area contributed by atoms with Gasteiger partial charge in [-0.15, -0.1) is 0 Å². The standard InChI is InChI=1S/C21H14N4O/c26-20-10-15-8-14(6-7-17(15)24-20)16-9-18-21(23-11-16)25-19(12-22-18)13-4-2-1-3-5-13/h1-9,11-12H,10H2,(H,24,26). The zero-order valence-corrected chi connectivity index (χ0v) is 13.8. The SMILES string of the molecule is O=C1Cc2cc(-c3cnc4nc(-c5ccccc5)cnc4c3)ccc2N1. The van der Waals surface area contributed by atoms with E-state index in [4.69, 9.17) is 0 Å². The Hall–Kier alpha value is -3.60. The first-order valence-electron chi connectivity index (χ1n) is 8.38. The van der Waals surface area contributed by atoms with E-state index in [1.54, 1.807) is 12.4 Å². The molecule has 0 saturated heterocycles. The van der Waals surface area contributed by atoms with Crippen molar-refractivity contribution in [1.82, 2.24) is 15.0 Å². The van der Waals surface area contributed by atoms with Crippen molar-refractivity contribution < 1.29 is 4.79 Å². The third-order valence-corrected chi connectivity index (χ3v) is 4.53. The van der Waals surface area contributed by atoms with E-state index in [0.29, 0.717) is 12.1 Å². The maximum Gasteiger partial charge on any atom is 0.228 e. The molecule has 1 aliphatic heterocycles. The minimum Gasteiger partial charge on any atom is -0.326 e. The van der Waals surface area contributed by atoms with Gasteiger partial charge in [0.2, 0.25) is 5.91 Å². The van der Waals surface area contributed by atoms with Crippen molar-refractivity contribution >= 4 is 22.8 Å². The molecular formula is C21H14N4O. The van der Waals surface area contributed by atoms with E-state index in [1.807, 2.05) is 54.6 Å². The van der Waals surface area contributed by atoms with Crippen LogP contribution in [0.1, 0.15) is 5.56 Å². The summed E-state index contributed by atoms with van der Waals surface area (Å²) in [4.78, 5) is 25.2. The fourth-order valence-corrected chi connectivity index (χ4v) is 3.22.